The minimum Gasteiger partial charge on any atom is -0.325 e. The minimum atomic E-state index is -0.215. The summed E-state index contributed by atoms with van der Waals surface area (Å²) in [6.07, 6.45) is 1.96. The molecular formula is C15H19N3OS3. The zero-order valence-electron chi connectivity index (χ0n) is 13.0. The Labute approximate surface area is 143 Å². The molecule has 2 aromatic rings. The Hall–Kier alpha value is -1.05. The average molecular weight is 354 g/mol. The van der Waals surface area contributed by atoms with Gasteiger partial charge in [-0.2, -0.15) is 0 Å². The molecule has 0 saturated carbocycles. The van der Waals surface area contributed by atoms with Gasteiger partial charge in [0.1, 0.15) is 0 Å². The van der Waals surface area contributed by atoms with Gasteiger partial charge in [0.05, 0.1) is 5.25 Å². The van der Waals surface area contributed by atoms with Crippen molar-refractivity contribution in [1.29, 1.82) is 0 Å². The van der Waals surface area contributed by atoms with Gasteiger partial charge in [0.25, 0.3) is 0 Å². The molecule has 0 spiro atoms. The van der Waals surface area contributed by atoms with E-state index in [4.69, 9.17) is 0 Å². The fourth-order valence-corrected chi connectivity index (χ4v) is 4.31. The maximum atomic E-state index is 12.2. The highest BCUT2D eigenvalue weighted by molar-refractivity contribution is 8.03. The lowest BCUT2D eigenvalue weighted by atomic mass is 10.0. The molecule has 1 N–H and O–H groups in total. The lowest BCUT2D eigenvalue weighted by Crippen LogP contribution is -2.22. The molecule has 1 atom stereocenters. The highest BCUT2D eigenvalue weighted by atomic mass is 32.2. The first-order valence-corrected chi connectivity index (χ1v) is 9.86. The largest absolute Gasteiger partial charge is 0.325 e. The lowest BCUT2D eigenvalue weighted by Gasteiger charge is -2.11. The summed E-state index contributed by atoms with van der Waals surface area (Å²) in [7, 11) is 0. The summed E-state index contributed by atoms with van der Waals surface area (Å²) in [4.78, 5) is 12.2. The van der Waals surface area contributed by atoms with E-state index in [1.807, 2.05) is 37.4 Å². The number of aromatic nitrogens is 2. The second-order valence-electron chi connectivity index (χ2n) is 5.06. The van der Waals surface area contributed by atoms with Crippen molar-refractivity contribution in [2.24, 2.45) is 0 Å². The van der Waals surface area contributed by atoms with Crippen LogP contribution in [0.4, 0.5) is 5.69 Å². The zero-order chi connectivity index (χ0) is 16.1. The van der Waals surface area contributed by atoms with Gasteiger partial charge in [0, 0.05) is 5.69 Å². The van der Waals surface area contributed by atoms with Crippen molar-refractivity contribution < 1.29 is 4.79 Å². The van der Waals surface area contributed by atoms with Crippen molar-refractivity contribution in [3.63, 3.8) is 0 Å². The molecule has 1 aromatic carbocycles. The van der Waals surface area contributed by atoms with E-state index in [-0.39, 0.29) is 11.2 Å². The van der Waals surface area contributed by atoms with E-state index < -0.39 is 0 Å². The van der Waals surface area contributed by atoms with Gasteiger partial charge in [-0.1, -0.05) is 60.8 Å². The smallest absolute Gasteiger partial charge is 0.237 e. The number of amides is 1. The molecule has 22 heavy (non-hydrogen) atoms. The number of benzene rings is 1. The highest BCUT2D eigenvalue weighted by Gasteiger charge is 2.17. The summed E-state index contributed by atoms with van der Waals surface area (Å²) in [5.41, 5.74) is 2.09. The maximum Gasteiger partial charge on any atom is 0.237 e. The van der Waals surface area contributed by atoms with E-state index in [1.54, 1.807) is 11.8 Å². The van der Waals surface area contributed by atoms with Crippen molar-refractivity contribution in [1.82, 2.24) is 10.2 Å². The first kappa shape index (κ1) is 17.3. The van der Waals surface area contributed by atoms with Crippen LogP contribution in [0.25, 0.3) is 0 Å². The van der Waals surface area contributed by atoms with Crippen LogP contribution in [-0.4, -0.2) is 27.6 Å². The predicted molar refractivity (Wildman–Crippen MR) is 96.2 cm³/mol. The molecule has 0 aliphatic carbocycles. The van der Waals surface area contributed by atoms with Gasteiger partial charge >= 0.3 is 0 Å². The summed E-state index contributed by atoms with van der Waals surface area (Å²) >= 11 is 4.51. The number of nitrogens with zero attached hydrogens (tertiary/aromatic N) is 2. The fraction of sp³-hybridized carbons (Fsp3) is 0.400. The van der Waals surface area contributed by atoms with Crippen LogP contribution in [0.3, 0.4) is 0 Å². The molecule has 0 radical (unpaired) electrons. The SMILES string of the molecule is CSc1nnc(S[C@@H](C)C(=O)Nc2ccc(C(C)C)cc2)s1. The third-order valence-electron chi connectivity index (χ3n) is 3.05. The molecule has 1 amide bonds. The molecule has 7 heteroatoms. The van der Waals surface area contributed by atoms with E-state index >= 15 is 0 Å². The Morgan fingerprint density at radius 3 is 2.32 bits per heavy atom. The summed E-state index contributed by atoms with van der Waals surface area (Å²) in [5, 5.41) is 10.8. The van der Waals surface area contributed by atoms with Crippen LogP contribution in [0.15, 0.2) is 32.9 Å². The molecule has 0 fully saturated rings. The molecule has 2 rings (SSSR count). The van der Waals surface area contributed by atoms with E-state index in [2.05, 4.69) is 29.4 Å². The van der Waals surface area contributed by atoms with Crippen molar-refractivity contribution in [3.8, 4) is 0 Å². The molecule has 1 heterocycles. The van der Waals surface area contributed by atoms with Crippen LogP contribution in [0, 0.1) is 0 Å². The Morgan fingerprint density at radius 2 is 1.77 bits per heavy atom. The van der Waals surface area contributed by atoms with E-state index in [1.165, 1.54) is 28.7 Å². The van der Waals surface area contributed by atoms with Crippen LogP contribution in [-0.2, 0) is 4.79 Å². The van der Waals surface area contributed by atoms with E-state index in [0.717, 1.165) is 14.4 Å². The third-order valence-corrected chi connectivity index (χ3v) is 6.14. The van der Waals surface area contributed by atoms with Gasteiger partial charge in [-0.15, -0.1) is 10.2 Å². The molecule has 0 aliphatic rings. The molecule has 0 bridgehead atoms. The second-order valence-corrected chi connectivity index (χ2v) is 8.68. The summed E-state index contributed by atoms with van der Waals surface area (Å²) in [6.45, 7) is 6.18. The summed E-state index contributed by atoms with van der Waals surface area (Å²) in [5.74, 6) is 0.463. The predicted octanol–water partition coefficient (Wildman–Crippen LogP) is 4.50. The van der Waals surface area contributed by atoms with E-state index in [0.29, 0.717) is 5.92 Å². The van der Waals surface area contributed by atoms with Gasteiger partial charge < -0.3 is 5.32 Å². The average Bonchev–Trinajstić information content (AvgIpc) is 2.95. The molecule has 4 nitrogen and oxygen atoms in total. The quantitative estimate of drug-likeness (QED) is 0.775. The second kappa shape index (κ2) is 7.99. The van der Waals surface area contributed by atoms with Gasteiger partial charge in [-0.05, 0) is 36.8 Å². The minimum absolute atomic E-state index is 0.0248. The Kier molecular flexibility index (Phi) is 6.28. The number of carbonyl (C=O) groups excluding carboxylic acids is 1. The first-order valence-electron chi connectivity index (χ1n) is 6.94. The van der Waals surface area contributed by atoms with Crippen LogP contribution >= 0.6 is 34.9 Å². The Balaban J connectivity index is 1.93. The lowest BCUT2D eigenvalue weighted by molar-refractivity contribution is -0.115. The number of thioether (sulfide) groups is 2. The van der Waals surface area contributed by atoms with Crippen molar-refractivity contribution in [2.45, 2.75) is 40.6 Å². The summed E-state index contributed by atoms with van der Waals surface area (Å²) in [6, 6.07) is 7.99. The normalized spacial score (nSPS) is 12.4. The summed E-state index contributed by atoms with van der Waals surface area (Å²) < 4.78 is 1.74. The van der Waals surface area contributed by atoms with E-state index in [9.17, 15) is 4.79 Å². The number of anilines is 1. The monoisotopic (exact) mass is 353 g/mol. The molecular weight excluding hydrogens is 334 g/mol. The highest BCUT2D eigenvalue weighted by Crippen LogP contribution is 2.30. The molecule has 0 saturated heterocycles. The van der Waals surface area contributed by atoms with Crippen LogP contribution < -0.4 is 5.32 Å². The topological polar surface area (TPSA) is 54.9 Å². The van der Waals surface area contributed by atoms with Crippen molar-refractivity contribution in [2.75, 3.05) is 11.6 Å². The standard InChI is InChI=1S/C15H19N3OS3/c1-9(2)11-5-7-12(8-6-11)16-13(19)10(3)21-15-18-17-14(20-4)22-15/h5-10H,1-4H3,(H,16,19)/t10-/m0/s1. The molecule has 0 unspecified atom stereocenters. The Bertz CT molecular complexity index is 625. The first-order chi connectivity index (χ1) is 10.5. The molecule has 118 valence electrons. The van der Waals surface area contributed by atoms with Crippen molar-refractivity contribution >= 4 is 46.5 Å². The zero-order valence-corrected chi connectivity index (χ0v) is 15.4. The van der Waals surface area contributed by atoms with Crippen LogP contribution in [0.1, 0.15) is 32.3 Å². The number of carbonyl (C=O) groups is 1. The fourth-order valence-electron chi connectivity index (χ4n) is 1.73. The van der Waals surface area contributed by atoms with Crippen LogP contribution in [0.2, 0.25) is 0 Å². The molecule has 1 aromatic heterocycles. The number of rotatable bonds is 6. The maximum absolute atomic E-state index is 12.2. The van der Waals surface area contributed by atoms with Gasteiger partial charge in [0.2, 0.25) is 5.91 Å². The van der Waals surface area contributed by atoms with Gasteiger partial charge in [0.15, 0.2) is 8.68 Å². The number of hydrogen-bond acceptors (Lipinski definition) is 6. The third kappa shape index (κ3) is 4.72. The van der Waals surface area contributed by atoms with Gasteiger partial charge in [-0.25, -0.2) is 0 Å². The number of nitrogens with one attached hydrogen (secondary N) is 1. The number of hydrogen-bond donors (Lipinski definition) is 1. The van der Waals surface area contributed by atoms with Gasteiger partial charge in [-0.3, -0.25) is 4.79 Å². The van der Waals surface area contributed by atoms with Crippen LogP contribution in [0.5, 0.6) is 0 Å². The Morgan fingerprint density at radius 1 is 1.14 bits per heavy atom. The van der Waals surface area contributed by atoms with Crippen molar-refractivity contribution in [3.05, 3.63) is 29.8 Å². The molecule has 0 aliphatic heterocycles.